The summed E-state index contributed by atoms with van der Waals surface area (Å²) in [5.41, 5.74) is 2.67. The van der Waals surface area contributed by atoms with Crippen molar-refractivity contribution in [2.45, 2.75) is 31.9 Å². The molecule has 3 rings (SSSR count). The number of hydrogen-bond acceptors (Lipinski definition) is 5. The first-order chi connectivity index (χ1) is 14.5. The normalized spacial score (nSPS) is 15.8. The molecule has 1 aromatic heterocycles. The van der Waals surface area contributed by atoms with Crippen molar-refractivity contribution >= 4 is 46.1 Å². The van der Waals surface area contributed by atoms with Crippen molar-refractivity contribution in [2.24, 2.45) is 0 Å². The summed E-state index contributed by atoms with van der Waals surface area (Å²) >= 11 is 7.12. The first-order valence-corrected chi connectivity index (χ1v) is 11.5. The average Bonchev–Trinajstić information content (AvgIpc) is 3.41. The van der Waals surface area contributed by atoms with Gasteiger partial charge in [0.1, 0.15) is 0 Å². The van der Waals surface area contributed by atoms with Crippen LogP contribution in [-0.2, 0) is 16.1 Å². The van der Waals surface area contributed by atoms with Crippen LogP contribution in [0.25, 0.3) is 0 Å². The molecule has 30 heavy (non-hydrogen) atoms. The van der Waals surface area contributed by atoms with E-state index in [9.17, 15) is 9.59 Å². The second-order valence-electron chi connectivity index (χ2n) is 7.52. The third kappa shape index (κ3) is 5.97. The highest BCUT2D eigenvalue weighted by molar-refractivity contribution is 7.12. The number of nitrogens with one attached hydrogen (secondary N) is 1. The number of carbonyl (C=O) groups excluding carboxylic acids is 2. The van der Waals surface area contributed by atoms with Crippen LogP contribution in [0.5, 0.6) is 0 Å². The van der Waals surface area contributed by atoms with E-state index in [2.05, 4.69) is 5.32 Å². The highest BCUT2D eigenvalue weighted by atomic mass is 35.5. The van der Waals surface area contributed by atoms with E-state index in [0.717, 1.165) is 30.7 Å². The van der Waals surface area contributed by atoms with Gasteiger partial charge in [-0.1, -0.05) is 6.07 Å². The Balaban J connectivity index is 1.86. The summed E-state index contributed by atoms with van der Waals surface area (Å²) in [4.78, 5) is 29.8. The summed E-state index contributed by atoms with van der Waals surface area (Å²) in [6.07, 6.45) is 2.30. The number of ether oxygens (including phenoxy) is 1. The molecule has 0 saturated carbocycles. The number of anilines is 2. The van der Waals surface area contributed by atoms with Crippen molar-refractivity contribution in [3.8, 4) is 0 Å². The number of thiophene rings is 1. The Kier molecular flexibility index (Phi) is 8.13. The van der Waals surface area contributed by atoms with Crippen LogP contribution in [0.2, 0.25) is 0 Å². The molecule has 6 nitrogen and oxygen atoms in total. The molecule has 1 unspecified atom stereocenters. The van der Waals surface area contributed by atoms with Gasteiger partial charge in [-0.2, -0.15) is 0 Å². The van der Waals surface area contributed by atoms with E-state index in [4.69, 9.17) is 16.3 Å². The predicted molar refractivity (Wildman–Crippen MR) is 123 cm³/mol. The van der Waals surface area contributed by atoms with E-state index >= 15 is 0 Å². The van der Waals surface area contributed by atoms with Crippen LogP contribution in [0.1, 0.15) is 34.5 Å². The van der Waals surface area contributed by atoms with Crippen molar-refractivity contribution in [3.63, 3.8) is 0 Å². The maximum atomic E-state index is 13.2. The van der Waals surface area contributed by atoms with E-state index < -0.39 is 0 Å². The molecule has 1 aliphatic heterocycles. The second-order valence-corrected chi connectivity index (χ2v) is 8.85. The highest BCUT2D eigenvalue weighted by Gasteiger charge is 2.25. The first kappa shape index (κ1) is 22.6. The number of hydrogen-bond donors (Lipinski definition) is 1. The average molecular weight is 450 g/mol. The molecule has 0 aliphatic carbocycles. The lowest BCUT2D eigenvalue weighted by molar-refractivity contribution is -0.115. The van der Waals surface area contributed by atoms with Crippen LogP contribution in [-0.4, -0.2) is 55.9 Å². The summed E-state index contributed by atoms with van der Waals surface area (Å²) in [6.45, 7) is 1.73. The van der Waals surface area contributed by atoms with E-state index in [1.807, 2.05) is 59.6 Å². The Hall–Kier alpha value is -2.09. The lowest BCUT2D eigenvalue weighted by Crippen LogP contribution is -2.37. The molecule has 1 aromatic carbocycles. The molecule has 8 heteroatoms. The molecule has 2 aromatic rings. The van der Waals surface area contributed by atoms with Crippen molar-refractivity contribution in [2.75, 3.05) is 43.3 Å². The fourth-order valence-corrected chi connectivity index (χ4v) is 4.41. The molecule has 1 fully saturated rings. The minimum absolute atomic E-state index is 0.00165. The van der Waals surface area contributed by atoms with Crippen LogP contribution >= 0.6 is 22.9 Å². The molecule has 2 heterocycles. The number of carbonyl (C=O) groups is 2. The minimum Gasteiger partial charge on any atom is -0.377 e. The van der Waals surface area contributed by atoms with E-state index in [-0.39, 0.29) is 30.2 Å². The van der Waals surface area contributed by atoms with Crippen molar-refractivity contribution in [1.29, 1.82) is 0 Å². The molecular weight excluding hydrogens is 422 g/mol. The van der Waals surface area contributed by atoms with Crippen molar-refractivity contribution < 1.29 is 14.3 Å². The molecule has 0 radical (unpaired) electrons. The summed E-state index contributed by atoms with van der Waals surface area (Å²) < 4.78 is 5.80. The third-order valence-electron chi connectivity index (χ3n) is 5.00. The Morgan fingerprint density at radius 3 is 2.77 bits per heavy atom. The zero-order chi connectivity index (χ0) is 21.5. The Labute approximate surface area is 186 Å². The molecule has 1 saturated heterocycles. The van der Waals surface area contributed by atoms with Gasteiger partial charge in [0.15, 0.2) is 0 Å². The number of amides is 2. The zero-order valence-electron chi connectivity index (χ0n) is 17.4. The molecule has 2 amide bonds. The van der Waals surface area contributed by atoms with Gasteiger partial charge in [-0.05, 0) is 48.1 Å². The summed E-state index contributed by atoms with van der Waals surface area (Å²) in [7, 11) is 3.94. The smallest absolute Gasteiger partial charge is 0.264 e. The maximum absolute atomic E-state index is 13.2. The van der Waals surface area contributed by atoms with Gasteiger partial charge < -0.3 is 19.9 Å². The Morgan fingerprint density at radius 1 is 1.30 bits per heavy atom. The fourth-order valence-electron chi connectivity index (χ4n) is 3.55. The fraction of sp³-hybridized carbons (Fsp3) is 0.455. The predicted octanol–water partition coefficient (Wildman–Crippen LogP) is 4.20. The zero-order valence-corrected chi connectivity index (χ0v) is 19.0. The third-order valence-corrected chi connectivity index (χ3v) is 6.04. The van der Waals surface area contributed by atoms with Crippen LogP contribution in [0.4, 0.5) is 11.4 Å². The number of alkyl halides is 1. The van der Waals surface area contributed by atoms with Crippen molar-refractivity contribution in [3.05, 3.63) is 46.2 Å². The monoisotopic (exact) mass is 449 g/mol. The Morgan fingerprint density at radius 2 is 2.13 bits per heavy atom. The molecular formula is C22H28ClN3O3S. The van der Waals surface area contributed by atoms with Gasteiger partial charge in [0.25, 0.3) is 5.91 Å². The van der Waals surface area contributed by atoms with Gasteiger partial charge in [0.2, 0.25) is 5.91 Å². The maximum Gasteiger partial charge on any atom is 0.264 e. The van der Waals surface area contributed by atoms with Crippen LogP contribution < -0.4 is 10.2 Å². The molecule has 0 spiro atoms. The number of nitrogens with zero attached hydrogens (tertiary/aromatic N) is 2. The molecule has 0 bridgehead atoms. The lowest BCUT2D eigenvalue weighted by atomic mass is 10.1. The SMILES string of the molecule is CN(C)c1ccc(NC(=O)CCCl)cc1CN(CC1CCCO1)C(=O)c1cccs1. The summed E-state index contributed by atoms with van der Waals surface area (Å²) in [5.74, 6) is 0.153. The molecule has 1 N–H and O–H groups in total. The highest BCUT2D eigenvalue weighted by Crippen LogP contribution is 2.27. The van der Waals surface area contributed by atoms with Gasteiger partial charge in [0.05, 0.1) is 11.0 Å². The first-order valence-electron chi connectivity index (χ1n) is 10.1. The van der Waals surface area contributed by atoms with E-state index in [0.29, 0.717) is 23.7 Å². The number of halogens is 1. The molecule has 162 valence electrons. The van der Waals surface area contributed by atoms with Crippen LogP contribution in [0, 0.1) is 0 Å². The van der Waals surface area contributed by atoms with Gasteiger partial charge in [-0.15, -0.1) is 22.9 Å². The largest absolute Gasteiger partial charge is 0.377 e. The van der Waals surface area contributed by atoms with Crippen molar-refractivity contribution in [1.82, 2.24) is 4.90 Å². The van der Waals surface area contributed by atoms with Gasteiger partial charge >= 0.3 is 0 Å². The van der Waals surface area contributed by atoms with E-state index in [1.165, 1.54) is 11.3 Å². The minimum atomic E-state index is -0.126. The topological polar surface area (TPSA) is 61.9 Å². The second kappa shape index (κ2) is 10.8. The number of benzene rings is 1. The van der Waals surface area contributed by atoms with Crippen LogP contribution in [0.3, 0.4) is 0 Å². The van der Waals surface area contributed by atoms with E-state index in [1.54, 1.807) is 0 Å². The lowest BCUT2D eigenvalue weighted by Gasteiger charge is -2.28. The molecule has 1 atom stereocenters. The van der Waals surface area contributed by atoms with Gasteiger partial charge in [-0.3, -0.25) is 9.59 Å². The molecule has 1 aliphatic rings. The van der Waals surface area contributed by atoms with Crippen LogP contribution in [0.15, 0.2) is 35.7 Å². The number of rotatable bonds is 9. The standard InChI is InChI=1S/C22H28ClN3O3S/c1-25(2)19-8-7-17(24-21(27)9-10-23)13-16(19)14-26(15-18-5-3-11-29-18)22(28)20-6-4-12-30-20/h4,6-8,12-13,18H,3,5,9-11,14-15H2,1-2H3,(H,24,27). The quantitative estimate of drug-likeness (QED) is 0.583. The Bertz CT molecular complexity index is 851. The van der Waals surface area contributed by atoms with Gasteiger partial charge in [0, 0.05) is 57.5 Å². The summed E-state index contributed by atoms with van der Waals surface area (Å²) in [6, 6.07) is 9.51. The van der Waals surface area contributed by atoms with Gasteiger partial charge in [-0.25, -0.2) is 0 Å². The summed E-state index contributed by atoms with van der Waals surface area (Å²) in [5, 5.41) is 4.80.